The van der Waals surface area contributed by atoms with Crippen molar-refractivity contribution in [1.29, 1.82) is 0 Å². The van der Waals surface area contributed by atoms with Crippen molar-refractivity contribution in [1.82, 2.24) is 4.98 Å². The summed E-state index contributed by atoms with van der Waals surface area (Å²) >= 11 is 1.70. The first-order valence-electron chi connectivity index (χ1n) is 8.76. The van der Waals surface area contributed by atoms with Crippen molar-refractivity contribution in [2.24, 2.45) is 0 Å². The normalized spacial score (nSPS) is 10.4. The summed E-state index contributed by atoms with van der Waals surface area (Å²) < 4.78 is 0. The van der Waals surface area contributed by atoms with E-state index in [-0.39, 0.29) is 11.8 Å². The SMILES string of the molecule is Cc1ccnc(NC(=O)c2cccc(NC(=O)CCCc3cccs3)c2)c1. The number of amides is 2. The fourth-order valence-corrected chi connectivity index (χ4v) is 3.38. The van der Waals surface area contributed by atoms with Crippen LogP contribution in [0.15, 0.2) is 60.1 Å². The van der Waals surface area contributed by atoms with E-state index in [0.717, 1.165) is 18.4 Å². The molecule has 138 valence electrons. The monoisotopic (exact) mass is 379 g/mol. The number of rotatable bonds is 7. The lowest BCUT2D eigenvalue weighted by Crippen LogP contribution is -2.15. The maximum absolute atomic E-state index is 12.4. The Morgan fingerprint density at radius 1 is 1.07 bits per heavy atom. The van der Waals surface area contributed by atoms with Crippen LogP contribution < -0.4 is 10.6 Å². The quantitative estimate of drug-likeness (QED) is 0.627. The van der Waals surface area contributed by atoms with Gasteiger partial charge >= 0.3 is 0 Å². The number of carbonyl (C=O) groups is 2. The molecule has 0 spiro atoms. The highest BCUT2D eigenvalue weighted by Crippen LogP contribution is 2.15. The minimum atomic E-state index is -0.262. The summed E-state index contributed by atoms with van der Waals surface area (Å²) in [6.45, 7) is 1.94. The van der Waals surface area contributed by atoms with Gasteiger partial charge in [0, 0.05) is 28.7 Å². The molecule has 3 aromatic rings. The predicted octanol–water partition coefficient (Wildman–Crippen LogP) is 4.67. The van der Waals surface area contributed by atoms with E-state index < -0.39 is 0 Å². The van der Waals surface area contributed by atoms with Crippen LogP contribution in [0.25, 0.3) is 0 Å². The average Bonchev–Trinajstić information content (AvgIpc) is 3.15. The zero-order chi connectivity index (χ0) is 19.1. The molecule has 0 atom stereocenters. The molecule has 5 nitrogen and oxygen atoms in total. The van der Waals surface area contributed by atoms with Gasteiger partial charge in [0.05, 0.1) is 0 Å². The Balaban J connectivity index is 1.54. The lowest BCUT2D eigenvalue weighted by Gasteiger charge is -2.08. The predicted molar refractivity (Wildman–Crippen MR) is 109 cm³/mol. The van der Waals surface area contributed by atoms with Crippen LogP contribution in [0.5, 0.6) is 0 Å². The Bertz CT molecular complexity index is 923. The van der Waals surface area contributed by atoms with E-state index in [1.165, 1.54) is 4.88 Å². The molecule has 6 heteroatoms. The summed E-state index contributed by atoms with van der Waals surface area (Å²) in [6.07, 6.45) is 3.79. The van der Waals surface area contributed by atoms with Crippen LogP contribution in [0.4, 0.5) is 11.5 Å². The van der Waals surface area contributed by atoms with Gasteiger partial charge in [-0.15, -0.1) is 11.3 Å². The van der Waals surface area contributed by atoms with E-state index in [1.807, 2.05) is 24.4 Å². The molecule has 2 aromatic heterocycles. The topological polar surface area (TPSA) is 71.1 Å². The van der Waals surface area contributed by atoms with Gasteiger partial charge in [0.25, 0.3) is 5.91 Å². The van der Waals surface area contributed by atoms with Gasteiger partial charge in [-0.3, -0.25) is 9.59 Å². The summed E-state index contributed by atoms with van der Waals surface area (Å²) in [6, 6.07) is 14.7. The van der Waals surface area contributed by atoms with Crippen molar-refractivity contribution >= 4 is 34.7 Å². The molecule has 0 radical (unpaired) electrons. The number of nitrogens with zero attached hydrogens (tertiary/aromatic N) is 1. The first-order valence-corrected chi connectivity index (χ1v) is 9.64. The first-order chi connectivity index (χ1) is 13.1. The molecule has 0 aliphatic carbocycles. The number of nitrogens with one attached hydrogen (secondary N) is 2. The highest BCUT2D eigenvalue weighted by Gasteiger charge is 2.09. The van der Waals surface area contributed by atoms with Crippen LogP contribution in [-0.2, 0) is 11.2 Å². The third kappa shape index (κ3) is 5.76. The maximum Gasteiger partial charge on any atom is 0.256 e. The Kier molecular flexibility index (Phi) is 6.33. The Labute approximate surface area is 162 Å². The summed E-state index contributed by atoms with van der Waals surface area (Å²) in [5.41, 5.74) is 2.10. The molecule has 27 heavy (non-hydrogen) atoms. The van der Waals surface area contributed by atoms with Crippen LogP contribution in [0, 0.1) is 6.92 Å². The third-order valence-electron chi connectivity index (χ3n) is 3.97. The number of aryl methyl sites for hydroxylation is 2. The number of anilines is 2. The van der Waals surface area contributed by atoms with Gasteiger partial charge in [-0.25, -0.2) is 4.98 Å². The van der Waals surface area contributed by atoms with E-state index >= 15 is 0 Å². The second kappa shape index (κ2) is 9.09. The van der Waals surface area contributed by atoms with Crippen LogP contribution in [0.1, 0.15) is 33.6 Å². The highest BCUT2D eigenvalue weighted by molar-refractivity contribution is 7.09. The van der Waals surface area contributed by atoms with Crippen molar-refractivity contribution < 1.29 is 9.59 Å². The molecular formula is C21H21N3O2S. The standard InChI is InChI=1S/C21H21N3O2S/c1-15-10-11-22-19(13-15)24-21(26)16-5-2-6-17(14-16)23-20(25)9-3-7-18-8-4-12-27-18/h2,4-6,8,10-14H,3,7,9H2,1H3,(H,23,25)(H,22,24,26). The number of hydrogen-bond donors (Lipinski definition) is 2. The zero-order valence-electron chi connectivity index (χ0n) is 15.1. The van der Waals surface area contributed by atoms with Gasteiger partial charge in [0.2, 0.25) is 5.91 Å². The maximum atomic E-state index is 12.4. The molecule has 0 fully saturated rings. The molecule has 2 amide bonds. The summed E-state index contributed by atoms with van der Waals surface area (Å²) in [7, 11) is 0. The number of hydrogen-bond acceptors (Lipinski definition) is 4. The van der Waals surface area contributed by atoms with Crippen LogP contribution in [-0.4, -0.2) is 16.8 Å². The summed E-state index contributed by atoms with van der Waals surface area (Å²) in [4.78, 5) is 29.9. The van der Waals surface area contributed by atoms with Gasteiger partial charge < -0.3 is 10.6 Å². The Morgan fingerprint density at radius 3 is 2.74 bits per heavy atom. The second-order valence-corrected chi connectivity index (χ2v) is 7.27. The van der Waals surface area contributed by atoms with Crippen LogP contribution in [0.2, 0.25) is 0 Å². The number of aromatic nitrogens is 1. The Hall–Kier alpha value is -2.99. The molecule has 0 saturated heterocycles. The highest BCUT2D eigenvalue weighted by atomic mass is 32.1. The van der Waals surface area contributed by atoms with E-state index in [0.29, 0.717) is 23.5 Å². The molecule has 3 rings (SSSR count). The molecule has 0 saturated carbocycles. The van der Waals surface area contributed by atoms with Gasteiger partial charge in [0.15, 0.2) is 0 Å². The van der Waals surface area contributed by atoms with E-state index in [1.54, 1.807) is 47.9 Å². The zero-order valence-corrected chi connectivity index (χ0v) is 15.9. The lowest BCUT2D eigenvalue weighted by molar-refractivity contribution is -0.116. The van der Waals surface area contributed by atoms with Crippen molar-refractivity contribution in [2.75, 3.05) is 10.6 Å². The molecule has 2 N–H and O–H groups in total. The fourth-order valence-electron chi connectivity index (χ4n) is 2.63. The van der Waals surface area contributed by atoms with Gasteiger partial charge in [-0.2, -0.15) is 0 Å². The largest absolute Gasteiger partial charge is 0.326 e. The van der Waals surface area contributed by atoms with Gasteiger partial charge in [-0.05, 0) is 67.1 Å². The average molecular weight is 379 g/mol. The molecule has 1 aromatic carbocycles. The number of carbonyl (C=O) groups excluding carboxylic acids is 2. The first kappa shape index (κ1) is 18.8. The smallest absolute Gasteiger partial charge is 0.256 e. The van der Waals surface area contributed by atoms with Gasteiger partial charge in [-0.1, -0.05) is 12.1 Å². The van der Waals surface area contributed by atoms with E-state index in [9.17, 15) is 9.59 Å². The van der Waals surface area contributed by atoms with Gasteiger partial charge in [0.1, 0.15) is 5.82 Å². The van der Waals surface area contributed by atoms with E-state index in [4.69, 9.17) is 0 Å². The summed E-state index contributed by atoms with van der Waals surface area (Å²) in [5.74, 6) is 0.189. The van der Waals surface area contributed by atoms with E-state index in [2.05, 4.69) is 21.7 Å². The lowest BCUT2D eigenvalue weighted by atomic mass is 10.1. The molecule has 0 unspecified atom stereocenters. The molecule has 2 heterocycles. The fraction of sp³-hybridized carbons (Fsp3) is 0.190. The molecule has 0 bridgehead atoms. The van der Waals surface area contributed by atoms with Crippen LogP contribution in [0.3, 0.4) is 0 Å². The second-order valence-electron chi connectivity index (χ2n) is 6.23. The molecule has 0 aliphatic heterocycles. The number of benzene rings is 1. The van der Waals surface area contributed by atoms with Crippen molar-refractivity contribution in [3.05, 3.63) is 76.1 Å². The van der Waals surface area contributed by atoms with Crippen molar-refractivity contribution in [2.45, 2.75) is 26.2 Å². The Morgan fingerprint density at radius 2 is 1.96 bits per heavy atom. The molecular weight excluding hydrogens is 358 g/mol. The van der Waals surface area contributed by atoms with Crippen molar-refractivity contribution in [3.63, 3.8) is 0 Å². The number of thiophene rings is 1. The van der Waals surface area contributed by atoms with Crippen molar-refractivity contribution in [3.8, 4) is 0 Å². The minimum Gasteiger partial charge on any atom is -0.326 e. The third-order valence-corrected chi connectivity index (χ3v) is 4.91. The number of pyridine rings is 1. The van der Waals surface area contributed by atoms with Crippen LogP contribution >= 0.6 is 11.3 Å². The summed E-state index contributed by atoms with van der Waals surface area (Å²) in [5, 5.41) is 7.67. The minimum absolute atomic E-state index is 0.0514. The molecule has 0 aliphatic rings.